The summed E-state index contributed by atoms with van der Waals surface area (Å²) in [5.41, 5.74) is 3.74. The third-order valence-corrected chi connectivity index (χ3v) is 6.76. The van der Waals surface area contributed by atoms with Crippen molar-refractivity contribution in [2.45, 2.75) is 45.6 Å². The zero-order chi connectivity index (χ0) is 22.8. The predicted octanol–water partition coefficient (Wildman–Crippen LogP) is 4.63. The molecule has 2 aliphatic heterocycles. The van der Waals surface area contributed by atoms with Crippen molar-refractivity contribution in [2.75, 3.05) is 24.5 Å². The zero-order valence-corrected chi connectivity index (χ0v) is 19.0. The molecular formula is C26H29FN4O2. The number of halogens is 1. The number of rotatable bonds is 5. The van der Waals surface area contributed by atoms with Crippen molar-refractivity contribution in [3.63, 3.8) is 0 Å². The van der Waals surface area contributed by atoms with E-state index in [9.17, 15) is 9.18 Å². The van der Waals surface area contributed by atoms with Crippen LogP contribution in [0.25, 0.3) is 11.5 Å². The van der Waals surface area contributed by atoms with Crippen LogP contribution in [0.15, 0.2) is 47.0 Å². The highest BCUT2D eigenvalue weighted by atomic mass is 19.1. The van der Waals surface area contributed by atoms with Crippen LogP contribution < -0.4 is 4.90 Å². The van der Waals surface area contributed by atoms with Gasteiger partial charge in [0.2, 0.25) is 5.91 Å². The molecule has 1 saturated heterocycles. The summed E-state index contributed by atoms with van der Waals surface area (Å²) in [5.74, 6) is 0.917. The molecule has 1 aromatic heterocycles. The van der Waals surface area contributed by atoms with Gasteiger partial charge >= 0.3 is 0 Å². The number of benzene rings is 2. The zero-order valence-electron chi connectivity index (χ0n) is 19.0. The Balaban J connectivity index is 1.20. The molecule has 0 unspecified atom stereocenters. The molecule has 0 radical (unpaired) electrons. The van der Waals surface area contributed by atoms with Crippen LogP contribution in [0.2, 0.25) is 0 Å². The third kappa shape index (κ3) is 4.49. The van der Waals surface area contributed by atoms with E-state index in [-0.39, 0.29) is 17.6 Å². The maximum atomic E-state index is 15.0. The molecule has 33 heavy (non-hydrogen) atoms. The van der Waals surface area contributed by atoms with Crippen LogP contribution in [0.4, 0.5) is 10.1 Å². The van der Waals surface area contributed by atoms with Gasteiger partial charge in [0, 0.05) is 44.1 Å². The summed E-state index contributed by atoms with van der Waals surface area (Å²) in [6.07, 6.45) is 4.06. The number of aryl methyl sites for hydroxylation is 1. The monoisotopic (exact) mass is 448 g/mol. The Bertz CT molecular complexity index is 1140. The second-order valence-electron chi connectivity index (χ2n) is 8.97. The van der Waals surface area contributed by atoms with Crippen LogP contribution in [0.1, 0.15) is 43.1 Å². The van der Waals surface area contributed by atoms with Crippen molar-refractivity contribution in [3.8, 4) is 11.5 Å². The van der Waals surface area contributed by atoms with Crippen molar-refractivity contribution in [1.82, 2.24) is 15.0 Å². The predicted molar refractivity (Wildman–Crippen MR) is 124 cm³/mol. The maximum Gasteiger partial charge on any atom is 0.258 e. The van der Waals surface area contributed by atoms with Crippen molar-refractivity contribution in [1.29, 1.82) is 0 Å². The largest absolute Gasteiger partial charge is 0.369 e. The lowest BCUT2D eigenvalue weighted by Crippen LogP contribution is -2.44. The van der Waals surface area contributed by atoms with E-state index in [1.54, 1.807) is 6.07 Å². The van der Waals surface area contributed by atoms with Crippen LogP contribution >= 0.6 is 0 Å². The van der Waals surface area contributed by atoms with Gasteiger partial charge in [-0.25, -0.2) is 4.39 Å². The number of piperidine rings is 1. The van der Waals surface area contributed by atoms with Crippen LogP contribution in [0, 0.1) is 11.7 Å². The molecule has 0 aliphatic carbocycles. The number of fused-ring (bicyclic) bond motifs is 1. The van der Waals surface area contributed by atoms with E-state index in [4.69, 9.17) is 4.52 Å². The molecule has 1 amide bonds. The number of hydrogen-bond acceptors (Lipinski definition) is 5. The molecule has 0 N–H and O–H groups in total. The normalized spacial score (nSPS) is 16.7. The topological polar surface area (TPSA) is 62.5 Å². The number of carbonyl (C=O) groups is 1. The fourth-order valence-corrected chi connectivity index (χ4v) is 4.90. The SMILES string of the molecule is CCCc1noc(-c2ccc(N3CCC(C(=O)N4CCc5ccccc5C4)CC3)c(F)c2)n1. The van der Waals surface area contributed by atoms with Crippen LogP contribution in [-0.2, 0) is 24.2 Å². The summed E-state index contributed by atoms with van der Waals surface area (Å²) in [6, 6.07) is 13.4. The van der Waals surface area contributed by atoms with Crippen molar-refractivity contribution < 1.29 is 13.7 Å². The Labute approximate surface area is 193 Å². The Morgan fingerprint density at radius 2 is 1.91 bits per heavy atom. The molecule has 3 aromatic rings. The minimum Gasteiger partial charge on any atom is -0.369 e. The van der Waals surface area contributed by atoms with Gasteiger partial charge in [-0.3, -0.25) is 4.79 Å². The molecule has 2 aromatic carbocycles. The van der Waals surface area contributed by atoms with Gasteiger partial charge in [-0.05, 0) is 55.0 Å². The molecule has 2 aliphatic rings. The Morgan fingerprint density at radius 3 is 2.67 bits per heavy atom. The number of nitrogens with zero attached hydrogens (tertiary/aromatic N) is 4. The van der Waals surface area contributed by atoms with Gasteiger partial charge < -0.3 is 14.3 Å². The molecule has 3 heterocycles. The summed E-state index contributed by atoms with van der Waals surface area (Å²) < 4.78 is 20.2. The second-order valence-corrected chi connectivity index (χ2v) is 8.97. The molecule has 1 fully saturated rings. The van der Waals surface area contributed by atoms with Crippen molar-refractivity contribution >= 4 is 11.6 Å². The van der Waals surface area contributed by atoms with Gasteiger partial charge in [-0.15, -0.1) is 0 Å². The van der Waals surface area contributed by atoms with Gasteiger partial charge in [0.05, 0.1) is 5.69 Å². The average molecular weight is 449 g/mol. The van der Waals surface area contributed by atoms with E-state index in [2.05, 4.69) is 28.3 Å². The molecular weight excluding hydrogens is 419 g/mol. The molecule has 172 valence electrons. The van der Waals surface area contributed by atoms with Crippen molar-refractivity contribution in [2.24, 2.45) is 5.92 Å². The maximum absolute atomic E-state index is 15.0. The standard InChI is InChI=1S/C26H29FN4O2/c1-2-5-24-28-25(33-29-24)20-8-9-23(22(27)16-20)30-13-11-19(12-14-30)26(32)31-15-10-18-6-3-4-7-21(18)17-31/h3-4,6-9,16,19H,2,5,10-15,17H2,1H3. The van der Waals surface area contributed by atoms with E-state index >= 15 is 0 Å². The van der Waals surface area contributed by atoms with E-state index in [1.165, 1.54) is 17.2 Å². The molecule has 5 rings (SSSR count). The lowest BCUT2D eigenvalue weighted by atomic mass is 9.92. The molecule has 0 bridgehead atoms. The first-order chi connectivity index (χ1) is 16.1. The summed E-state index contributed by atoms with van der Waals surface area (Å²) in [5, 5.41) is 3.95. The number of carbonyl (C=O) groups excluding carboxylic acids is 1. The highest BCUT2D eigenvalue weighted by Crippen LogP contribution is 2.30. The average Bonchev–Trinajstić information content (AvgIpc) is 3.32. The first kappa shape index (κ1) is 21.6. The summed E-state index contributed by atoms with van der Waals surface area (Å²) >= 11 is 0. The van der Waals surface area contributed by atoms with Crippen LogP contribution in [0.5, 0.6) is 0 Å². The van der Waals surface area contributed by atoms with Gasteiger partial charge in [-0.1, -0.05) is 36.3 Å². The summed E-state index contributed by atoms with van der Waals surface area (Å²) in [7, 11) is 0. The van der Waals surface area contributed by atoms with Gasteiger partial charge in [0.15, 0.2) is 5.82 Å². The Hall–Kier alpha value is -3.22. The molecule has 0 spiro atoms. The smallest absolute Gasteiger partial charge is 0.258 e. The van der Waals surface area contributed by atoms with Crippen LogP contribution in [0.3, 0.4) is 0 Å². The van der Waals surface area contributed by atoms with Gasteiger partial charge in [-0.2, -0.15) is 4.98 Å². The number of anilines is 1. The van der Waals surface area contributed by atoms with Gasteiger partial charge in [0.1, 0.15) is 5.82 Å². The molecule has 0 saturated carbocycles. The first-order valence-corrected chi connectivity index (χ1v) is 11.9. The first-order valence-electron chi connectivity index (χ1n) is 11.9. The number of amides is 1. The fraction of sp³-hybridized carbons (Fsp3) is 0.423. The quantitative estimate of drug-likeness (QED) is 0.570. The van der Waals surface area contributed by atoms with E-state index in [0.717, 1.165) is 38.6 Å². The minimum atomic E-state index is -0.305. The van der Waals surface area contributed by atoms with E-state index in [0.29, 0.717) is 42.6 Å². The minimum absolute atomic E-state index is 0.00391. The van der Waals surface area contributed by atoms with Crippen molar-refractivity contribution in [3.05, 3.63) is 65.2 Å². The molecule has 7 heteroatoms. The van der Waals surface area contributed by atoms with Crippen LogP contribution in [-0.4, -0.2) is 40.6 Å². The lowest BCUT2D eigenvalue weighted by molar-refractivity contribution is -0.137. The highest BCUT2D eigenvalue weighted by molar-refractivity contribution is 5.79. The van der Waals surface area contributed by atoms with Gasteiger partial charge in [0.25, 0.3) is 5.89 Å². The summed E-state index contributed by atoms with van der Waals surface area (Å²) in [4.78, 5) is 21.5. The number of hydrogen-bond donors (Lipinski definition) is 0. The van der Waals surface area contributed by atoms with E-state index < -0.39 is 0 Å². The number of aromatic nitrogens is 2. The molecule has 6 nitrogen and oxygen atoms in total. The van der Waals surface area contributed by atoms with E-state index in [1.807, 2.05) is 28.9 Å². The molecule has 0 atom stereocenters. The third-order valence-electron chi connectivity index (χ3n) is 6.76. The summed E-state index contributed by atoms with van der Waals surface area (Å²) in [6.45, 7) is 4.85. The highest BCUT2D eigenvalue weighted by Gasteiger charge is 2.31. The fourth-order valence-electron chi connectivity index (χ4n) is 4.90. The Kier molecular flexibility index (Phi) is 6.11. The lowest BCUT2D eigenvalue weighted by Gasteiger charge is -2.37. The Morgan fingerprint density at radius 1 is 1.12 bits per heavy atom. The second kappa shape index (κ2) is 9.33.